The van der Waals surface area contributed by atoms with Crippen molar-refractivity contribution in [2.45, 2.75) is 20.0 Å². The largest absolute Gasteiger partial charge is 0.494 e. The van der Waals surface area contributed by atoms with Gasteiger partial charge in [-0.15, -0.1) is 0 Å². The molecule has 0 atom stereocenters. The van der Waals surface area contributed by atoms with E-state index in [2.05, 4.69) is 0 Å². The van der Waals surface area contributed by atoms with E-state index in [1.54, 1.807) is 31.2 Å². The van der Waals surface area contributed by atoms with Gasteiger partial charge in [-0.05, 0) is 46.9 Å². The van der Waals surface area contributed by atoms with E-state index in [-0.39, 0.29) is 18.1 Å². The quantitative estimate of drug-likeness (QED) is 0.535. The van der Waals surface area contributed by atoms with Gasteiger partial charge >= 0.3 is 0 Å². The van der Waals surface area contributed by atoms with Crippen LogP contribution in [-0.2, 0) is 13.0 Å². The fraction of sp³-hybridized carbons (Fsp3) is 0.182. The predicted octanol–water partition coefficient (Wildman–Crippen LogP) is 5.92. The summed E-state index contributed by atoms with van der Waals surface area (Å²) in [5.74, 6) is -2.21. The van der Waals surface area contributed by atoms with E-state index < -0.39 is 17.5 Å². The van der Waals surface area contributed by atoms with E-state index in [0.29, 0.717) is 17.5 Å². The average Bonchev–Trinajstić information content (AvgIpc) is 2.69. The second kappa shape index (κ2) is 8.16. The van der Waals surface area contributed by atoms with Crippen molar-refractivity contribution in [3.05, 3.63) is 83.2 Å². The van der Waals surface area contributed by atoms with Crippen molar-refractivity contribution in [3.63, 3.8) is 0 Å². The number of halogens is 3. The van der Waals surface area contributed by atoms with Gasteiger partial charge in [0.15, 0.2) is 23.1 Å². The van der Waals surface area contributed by atoms with E-state index in [1.807, 2.05) is 12.1 Å². The second-order valence-electron chi connectivity index (χ2n) is 6.04. The fourth-order valence-corrected chi connectivity index (χ4v) is 2.76. The van der Waals surface area contributed by atoms with Gasteiger partial charge in [-0.25, -0.2) is 8.78 Å². The molecule has 140 valence electrons. The molecule has 0 aliphatic rings. The third kappa shape index (κ3) is 4.08. The lowest BCUT2D eigenvalue weighted by Crippen LogP contribution is -2.01. The van der Waals surface area contributed by atoms with Crippen LogP contribution < -0.4 is 9.47 Å². The maximum absolute atomic E-state index is 14.0. The lowest BCUT2D eigenvalue weighted by molar-refractivity contribution is 0.284. The Bertz CT molecular complexity index is 937. The molecule has 0 N–H and O–H groups in total. The molecule has 3 rings (SSSR count). The van der Waals surface area contributed by atoms with E-state index in [1.165, 1.54) is 25.3 Å². The SMILES string of the molecule is CCc1ccc(OCc2ccc(-c3ccc(OC)c(F)c3)cc2)c(F)c1F. The monoisotopic (exact) mass is 372 g/mol. The van der Waals surface area contributed by atoms with Crippen LogP contribution in [0.4, 0.5) is 13.2 Å². The molecule has 0 spiro atoms. The van der Waals surface area contributed by atoms with E-state index in [4.69, 9.17) is 9.47 Å². The summed E-state index contributed by atoms with van der Waals surface area (Å²) in [6, 6.07) is 14.9. The summed E-state index contributed by atoms with van der Waals surface area (Å²) in [6.07, 6.45) is 0.413. The molecule has 3 aromatic rings. The standard InChI is InChI=1S/C22H19F3O2/c1-3-15-8-11-20(22(25)21(15)24)27-13-14-4-6-16(7-5-14)17-9-10-19(26-2)18(23)12-17/h4-12H,3,13H2,1-2H3. The van der Waals surface area contributed by atoms with Gasteiger partial charge in [-0.2, -0.15) is 4.39 Å². The summed E-state index contributed by atoms with van der Waals surface area (Å²) in [6.45, 7) is 1.85. The van der Waals surface area contributed by atoms with E-state index >= 15 is 0 Å². The Balaban J connectivity index is 1.71. The van der Waals surface area contributed by atoms with Crippen LogP contribution in [0.2, 0.25) is 0 Å². The predicted molar refractivity (Wildman–Crippen MR) is 98.5 cm³/mol. The molecule has 0 aliphatic heterocycles. The zero-order valence-corrected chi connectivity index (χ0v) is 15.1. The highest BCUT2D eigenvalue weighted by Crippen LogP contribution is 2.27. The van der Waals surface area contributed by atoms with Gasteiger partial charge in [0.1, 0.15) is 6.61 Å². The van der Waals surface area contributed by atoms with Crippen LogP contribution in [0.25, 0.3) is 11.1 Å². The van der Waals surface area contributed by atoms with Crippen LogP contribution >= 0.6 is 0 Å². The smallest absolute Gasteiger partial charge is 0.200 e. The molecular weight excluding hydrogens is 353 g/mol. The Hall–Kier alpha value is -2.95. The molecule has 27 heavy (non-hydrogen) atoms. The van der Waals surface area contributed by atoms with Gasteiger partial charge in [0.2, 0.25) is 5.82 Å². The van der Waals surface area contributed by atoms with Crippen molar-refractivity contribution in [3.8, 4) is 22.6 Å². The highest BCUT2D eigenvalue weighted by atomic mass is 19.2. The minimum Gasteiger partial charge on any atom is -0.494 e. The van der Waals surface area contributed by atoms with Gasteiger partial charge in [0.25, 0.3) is 0 Å². The Kier molecular flexibility index (Phi) is 5.69. The first-order chi connectivity index (χ1) is 13.0. The minimum atomic E-state index is -0.973. The fourth-order valence-electron chi connectivity index (χ4n) is 2.76. The van der Waals surface area contributed by atoms with Gasteiger partial charge in [0, 0.05) is 0 Å². The number of methoxy groups -OCH3 is 1. The van der Waals surface area contributed by atoms with E-state index in [0.717, 1.165) is 11.1 Å². The number of hydrogen-bond acceptors (Lipinski definition) is 2. The van der Waals surface area contributed by atoms with Crippen LogP contribution in [0.5, 0.6) is 11.5 Å². The molecule has 0 saturated carbocycles. The number of rotatable bonds is 6. The normalized spacial score (nSPS) is 10.7. The van der Waals surface area contributed by atoms with Crippen LogP contribution in [0.1, 0.15) is 18.1 Å². The molecule has 0 aromatic heterocycles. The average molecular weight is 372 g/mol. The second-order valence-corrected chi connectivity index (χ2v) is 6.04. The van der Waals surface area contributed by atoms with Gasteiger partial charge < -0.3 is 9.47 Å². The molecule has 0 amide bonds. The van der Waals surface area contributed by atoms with Crippen LogP contribution in [0.3, 0.4) is 0 Å². The third-order valence-electron chi connectivity index (χ3n) is 4.34. The first-order valence-corrected chi connectivity index (χ1v) is 8.56. The topological polar surface area (TPSA) is 18.5 Å². The van der Waals surface area contributed by atoms with Crippen molar-refractivity contribution in [2.24, 2.45) is 0 Å². The highest BCUT2D eigenvalue weighted by Gasteiger charge is 2.13. The molecule has 0 aliphatic carbocycles. The zero-order valence-electron chi connectivity index (χ0n) is 15.1. The molecule has 0 fully saturated rings. The first kappa shape index (κ1) is 18.8. The summed E-state index contributed by atoms with van der Waals surface area (Å²) < 4.78 is 52.0. The number of benzene rings is 3. The van der Waals surface area contributed by atoms with Gasteiger partial charge in [0.05, 0.1) is 7.11 Å². The van der Waals surface area contributed by atoms with Gasteiger partial charge in [-0.1, -0.05) is 43.3 Å². The Morgan fingerprint density at radius 1 is 0.778 bits per heavy atom. The summed E-state index contributed by atoms with van der Waals surface area (Å²) in [5.41, 5.74) is 2.64. The number of hydrogen-bond donors (Lipinski definition) is 0. The Morgan fingerprint density at radius 3 is 2.07 bits per heavy atom. The maximum atomic E-state index is 14.0. The van der Waals surface area contributed by atoms with Gasteiger partial charge in [-0.3, -0.25) is 0 Å². The molecule has 2 nitrogen and oxygen atoms in total. The lowest BCUT2D eigenvalue weighted by Gasteiger charge is -2.10. The third-order valence-corrected chi connectivity index (χ3v) is 4.34. The minimum absolute atomic E-state index is 0.0963. The maximum Gasteiger partial charge on any atom is 0.200 e. The van der Waals surface area contributed by atoms with Crippen molar-refractivity contribution in [1.82, 2.24) is 0 Å². The Labute approximate surface area is 156 Å². The molecule has 0 radical (unpaired) electrons. The number of ether oxygens (including phenoxy) is 2. The summed E-state index contributed by atoms with van der Waals surface area (Å²) in [7, 11) is 1.41. The summed E-state index contributed by atoms with van der Waals surface area (Å²) in [4.78, 5) is 0. The molecule has 0 bridgehead atoms. The van der Waals surface area contributed by atoms with Crippen LogP contribution in [0.15, 0.2) is 54.6 Å². The van der Waals surface area contributed by atoms with E-state index in [9.17, 15) is 13.2 Å². The molecule has 0 saturated heterocycles. The van der Waals surface area contributed by atoms with Crippen LogP contribution in [0, 0.1) is 17.5 Å². The summed E-state index contributed by atoms with van der Waals surface area (Å²) in [5, 5.41) is 0. The molecular formula is C22H19F3O2. The molecule has 5 heteroatoms. The lowest BCUT2D eigenvalue weighted by atomic mass is 10.0. The van der Waals surface area contributed by atoms with Crippen LogP contribution in [-0.4, -0.2) is 7.11 Å². The summed E-state index contributed by atoms with van der Waals surface area (Å²) >= 11 is 0. The molecule has 0 unspecified atom stereocenters. The number of aryl methyl sites for hydroxylation is 1. The van der Waals surface area contributed by atoms with Crippen molar-refractivity contribution in [1.29, 1.82) is 0 Å². The molecule has 3 aromatic carbocycles. The zero-order chi connectivity index (χ0) is 19.4. The van der Waals surface area contributed by atoms with Crippen molar-refractivity contribution in [2.75, 3.05) is 7.11 Å². The van der Waals surface area contributed by atoms with Crippen molar-refractivity contribution < 1.29 is 22.6 Å². The first-order valence-electron chi connectivity index (χ1n) is 8.56. The van der Waals surface area contributed by atoms with Crippen molar-refractivity contribution >= 4 is 0 Å². The molecule has 0 heterocycles. The Morgan fingerprint density at radius 2 is 1.44 bits per heavy atom. The highest BCUT2D eigenvalue weighted by molar-refractivity contribution is 5.64.